The molecule has 0 fully saturated rings. The maximum Gasteiger partial charge on any atom is 0.340 e. The molecular weight excluding hydrogens is 294 g/mol. The molecule has 5 nitrogen and oxygen atoms in total. The molecule has 0 radical (unpaired) electrons. The molecule has 0 amide bonds. The Hall–Kier alpha value is -2.82. The van der Waals surface area contributed by atoms with E-state index in [0.717, 1.165) is 0 Å². The molecule has 23 heavy (non-hydrogen) atoms. The van der Waals surface area contributed by atoms with Gasteiger partial charge in [-0.1, -0.05) is 12.1 Å². The first-order valence-electron chi connectivity index (χ1n) is 7.33. The van der Waals surface area contributed by atoms with Gasteiger partial charge in [-0.3, -0.25) is 4.79 Å². The summed E-state index contributed by atoms with van der Waals surface area (Å²) < 4.78 is 10.3. The van der Waals surface area contributed by atoms with Gasteiger partial charge in [0, 0.05) is 11.8 Å². The van der Waals surface area contributed by atoms with Crippen molar-refractivity contribution < 1.29 is 18.7 Å². The van der Waals surface area contributed by atoms with Crippen LogP contribution < -0.4 is 5.32 Å². The number of carbonyl (C=O) groups is 2. The van der Waals surface area contributed by atoms with E-state index >= 15 is 0 Å². The largest absolute Gasteiger partial charge is 0.462 e. The van der Waals surface area contributed by atoms with Gasteiger partial charge in [0.2, 0.25) is 5.78 Å². The van der Waals surface area contributed by atoms with Crippen molar-refractivity contribution in [2.24, 2.45) is 0 Å². The molecule has 0 saturated heterocycles. The van der Waals surface area contributed by atoms with E-state index < -0.39 is 5.97 Å². The van der Waals surface area contributed by atoms with Crippen LogP contribution in [-0.4, -0.2) is 18.4 Å². The number of esters is 1. The predicted octanol–water partition coefficient (Wildman–Crippen LogP) is 3.96. The number of anilines is 1. The second-order valence-corrected chi connectivity index (χ2v) is 4.99. The summed E-state index contributed by atoms with van der Waals surface area (Å²) in [4.78, 5) is 24.0. The number of aryl methyl sites for hydroxylation is 1. The van der Waals surface area contributed by atoms with Crippen LogP contribution in [0.5, 0.6) is 0 Å². The minimum Gasteiger partial charge on any atom is -0.462 e. The number of nitrogens with one attached hydrogen (secondary N) is 1. The topological polar surface area (TPSA) is 68.5 Å². The highest BCUT2D eigenvalue weighted by atomic mass is 16.5. The summed E-state index contributed by atoms with van der Waals surface area (Å²) in [5.41, 5.74) is 1.60. The highest BCUT2D eigenvalue weighted by Gasteiger charge is 2.13. The molecule has 1 N–H and O–H groups in total. The molecule has 0 spiro atoms. The van der Waals surface area contributed by atoms with Crippen molar-refractivity contribution in [2.75, 3.05) is 11.9 Å². The average molecular weight is 313 g/mol. The summed E-state index contributed by atoms with van der Waals surface area (Å²) in [6, 6.07) is 10.4. The second-order valence-electron chi connectivity index (χ2n) is 4.99. The summed E-state index contributed by atoms with van der Waals surface area (Å²) >= 11 is 0. The van der Waals surface area contributed by atoms with Gasteiger partial charge in [-0.25, -0.2) is 4.79 Å². The lowest BCUT2D eigenvalue weighted by Gasteiger charge is -2.11. The number of benzene rings is 1. The van der Waals surface area contributed by atoms with Crippen molar-refractivity contribution in [3.8, 4) is 0 Å². The quantitative estimate of drug-likeness (QED) is 0.496. The molecule has 0 bridgehead atoms. The summed E-state index contributed by atoms with van der Waals surface area (Å²) in [5.74, 6) is 0.315. The van der Waals surface area contributed by atoms with Gasteiger partial charge in [-0.2, -0.15) is 0 Å². The maximum atomic E-state index is 12.1. The zero-order valence-electron chi connectivity index (χ0n) is 13.4. The molecule has 0 saturated carbocycles. The SMILES string of the molecule is CCOC(=O)c1ccccc1N/C(C)=C/C(=O)c1ccc(C)o1. The van der Waals surface area contributed by atoms with Crippen LogP contribution in [-0.2, 0) is 4.74 Å². The molecule has 1 heterocycles. The molecule has 0 aliphatic carbocycles. The summed E-state index contributed by atoms with van der Waals surface area (Å²) in [6.07, 6.45) is 1.43. The van der Waals surface area contributed by atoms with Crippen LogP contribution in [0.3, 0.4) is 0 Å². The van der Waals surface area contributed by atoms with Crippen LogP contribution in [0.4, 0.5) is 5.69 Å². The third-order valence-corrected chi connectivity index (χ3v) is 3.09. The average Bonchev–Trinajstić information content (AvgIpc) is 2.94. The lowest BCUT2D eigenvalue weighted by atomic mass is 10.1. The van der Waals surface area contributed by atoms with Crippen molar-refractivity contribution in [2.45, 2.75) is 20.8 Å². The normalized spacial score (nSPS) is 11.2. The first-order valence-corrected chi connectivity index (χ1v) is 7.33. The molecule has 0 aliphatic heterocycles. The van der Waals surface area contributed by atoms with Gasteiger partial charge in [0.15, 0.2) is 5.76 Å². The lowest BCUT2D eigenvalue weighted by Crippen LogP contribution is -2.09. The third-order valence-electron chi connectivity index (χ3n) is 3.09. The first kappa shape index (κ1) is 16.5. The summed E-state index contributed by atoms with van der Waals surface area (Å²) in [7, 11) is 0. The van der Waals surface area contributed by atoms with Crippen molar-refractivity contribution in [1.82, 2.24) is 0 Å². The van der Waals surface area contributed by atoms with Crippen LogP contribution in [0.1, 0.15) is 40.5 Å². The van der Waals surface area contributed by atoms with Crippen LogP contribution in [0.25, 0.3) is 0 Å². The number of para-hydroxylation sites is 1. The predicted molar refractivity (Wildman–Crippen MR) is 87.6 cm³/mol. The van der Waals surface area contributed by atoms with Crippen molar-refractivity contribution in [3.63, 3.8) is 0 Å². The van der Waals surface area contributed by atoms with Gasteiger partial charge in [0.1, 0.15) is 5.76 Å². The number of carbonyl (C=O) groups excluding carboxylic acids is 2. The van der Waals surface area contributed by atoms with Gasteiger partial charge >= 0.3 is 5.97 Å². The number of hydrogen-bond acceptors (Lipinski definition) is 5. The number of rotatable bonds is 6. The van der Waals surface area contributed by atoms with Crippen LogP contribution in [0.15, 0.2) is 52.6 Å². The van der Waals surface area contributed by atoms with E-state index in [4.69, 9.17) is 9.15 Å². The van der Waals surface area contributed by atoms with E-state index in [1.54, 1.807) is 57.2 Å². The van der Waals surface area contributed by atoms with E-state index in [0.29, 0.717) is 29.3 Å². The number of furan rings is 1. The number of allylic oxidation sites excluding steroid dienone is 2. The molecule has 1 aromatic heterocycles. The number of ether oxygens (including phenoxy) is 1. The first-order chi connectivity index (χ1) is 11.0. The van der Waals surface area contributed by atoms with Gasteiger partial charge in [-0.15, -0.1) is 0 Å². The van der Waals surface area contributed by atoms with Crippen molar-refractivity contribution in [1.29, 1.82) is 0 Å². The number of ketones is 1. The van der Waals surface area contributed by atoms with E-state index in [9.17, 15) is 9.59 Å². The lowest BCUT2D eigenvalue weighted by molar-refractivity contribution is 0.0527. The smallest absolute Gasteiger partial charge is 0.340 e. The van der Waals surface area contributed by atoms with Gasteiger partial charge < -0.3 is 14.5 Å². The third kappa shape index (κ3) is 4.32. The maximum absolute atomic E-state index is 12.1. The van der Waals surface area contributed by atoms with E-state index in [1.165, 1.54) is 6.08 Å². The second kappa shape index (κ2) is 7.45. The molecule has 2 rings (SSSR count). The van der Waals surface area contributed by atoms with Crippen molar-refractivity contribution in [3.05, 3.63) is 65.3 Å². The zero-order valence-corrected chi connectivity index (χ0v) is 13.4. The van der Waals surface area contributed by atoms with E-state index in [-0.39, 0.29) is 11.5 Å². The fourth-order valence-electron chi connectivity index (χ4n) is 2.06. The molecule has 2 aromatic rings. The fraction of sp³-hybridized carbons (Fsp3) is 0.222. The Balaban J connectivity index is 2.17. The van der Waals surface area contributed by atoms with E-state index in [1.807, 2.05) is 0 Å². The van der Waals surface area contributed by atoms with Crippen LogP contribution in [0.2, 0.25) is 0 Å². The molecule has 5 heteroatoms. The van der Waals surface area contributed by atoms with Crippen molar-refractivity contribution >= 4 is 17.4 Å². The van der Waals surface area contributed by atoms with Crippen LogP contribution >= 0.6 is 0 Å². The molecule has 0 aliphatic rings. The number of hydrogen-bond donors (Lipinski definition) is 1. The molecule has 120 valence electrons. The summed E-state index contributed by atoms with van der Waals surface area (Å²) in [6.45, 7) is 5.58. The Bertz CT molecular complexity index is 743. The Morgan fingerprint density at radius 3 is 2.61 bits per heavy atom. The molecular formula is C18H19NO4. The zero-order chi connectivity index (χ0) is 16.8. The molecule has 0 atom stereocenters. The van der Waals surface area contributed by atoms with Gasteiger partial charge in [0.25, 0.3) is 0 Å². The monoisotopic (exact) mass is 313 g/mol. The molecule has 0 unspecified atom stereocenters. The highest BCUT2D eigenvalue weighted by molar-refractivity contribution is 6.03. The Kier molecular flexibility index (Phi) is 5.36. The van der Waals surface area contributed by atoms with E-state index in [2.05, 4.69) is 5.32 Å². The van der Waals surface area contributed by atoms with Gasteiger partial charge in [-0.05, 0) is 45.0 Å². The minimum absolute atomic E-state index is 0.239. The fourth-order valence-corrected chi connectivity index (χ4v) is 2.06. The molecule has 1 aromatic carbocycles. The Morgan fingerprint density at radius 2 is 1.96 bits per heavy atom. The Morgan fingerprint density at radius 1 is 1.22 bits per heavy atom. The summed E-state index contributed by atoms with van der Waals surface area (Å²) in [5, 5.41) is 3.06. The highest BCUT2D eigenvalue weighted by Crippen LogP contribution is 2.18. The van der Waals surface area contributed by atoms with Gasteiger partial charge in [0.05, 0.1) is 17.9 Å². The standard InChI is InChI=1S/C18H19NO4/c1-4-22-18(21)14-7-5-6-8-15(14)19-12(2)11-16(20)17-10-9-13(3)23-17/h5-11,19H,4H2,1-3H3/b12-11+. The van der Waals surface area contributed by atoms with Crippen LogP contribution in [0, 0.1) is 6.92 Å². The Labute approximate surface area is 134 Å². The minimum atomic E-state index is -0.406.